The summed E-state index contributed by atoms with van der Waals surface area (Å²) in [5.41, 5.74) is 3.86. The van der Waals surface area contributed by atoms with Crippen molar-refractivity contribution in [1.82, 2.24) is 15.0 Å². The van der Waals surface area contributed by atoms with Gasteiger partial charge in [0.1, 0.15) is 16.7 Å². The van der Waals surface area contributed by atoms with E-state index in [-0.39, 0.29) is 10.8 Å². The van der Waals surface area contributed by atoms with Crippen LogP contribution in [0.4, 0.5) is 0 Å². The number of rotatable bonds is 8. The van der Waals surface area contributed by atoms with Gasteiger partial charge in [0.25, 0.3) is 0 Å². The van der Waals surface area contributed by atoms with Gasteiger partial charge in [0.15, 0.2) is 11.5 Å². The Balaban J connectivity index is 2.16. The maximum atomic E-state index is 6.18. The van der Waals surface area contributed by atoms with E-state index in [1.165, 1.54) is 5.56 Å². The van der Waals surface area contributed by atoms with E-state index in [0.29, 0.717) is 12.4 Å². The predicted molar refractivity (Wildman–Crippen MR) is 123 cm³/mol. The Kier molecular flexibility index (Phi) is 6.39. The number of ether oxygens (including phenoxy) is 2. The zero-order valence-electron chi connectivity index (χ0n) is 19.5. The highest BCUT2D eigenvalue weighted by atomic mass is 16.5. The third kappa shape index (κ3) is 4.94. The summed E-state index contributed by atoms with van der Waals surface area (Å²) in [5, 5.41) is 9.39. The summed E-state index contributed by atoms with van der Waals surface area (Å²) in [6.07, 6.45) is 3.11. The lowest BCUT2D eigenvalue weighted by Gasteiger charge is -2.33. The second-order valence-electron chi connectivity index (χ2n) is 9.83. The monoisotopic (exact) mass is 409 g/mol. The summed E-state index contributed by atoms with van der Waals surface area (Å²) < 4.78 is 12.0. The van der Waals surface area contributed by atoms with Gasteiger partial charge in [-0.25, -0.2) is 0 Å². The Morgan fingerprint density at radius 1 is 0.967 bits per heavy atom. The Bertz CT molecular complexity index is 966. The van der Waals surface area contributed by atoms with Gasteiger partial charge in [0.2, 0.25) is 0 Å². The molecular weight excluding hydrogens is 374 g/mol. The average molecular weight is 410 g/mol. The smallest absolute Gasteiger partial charge is 0.188 e. The van der Waals surface area contributed by atoms with E-state index < -0.39 is 0 Å². The number of fused-ring (bicyclic) bond motifs is 1. The minimum atomic E-state index is -0.0469. The molecular formula is C25H35N3O2. The maximum Gasteiger partial charge on any atom is 0.188 e. The van der Waals surface area contributed by atoms with Gasteiger partial charge >= 0.3 is 0 Å². The van der Waals surface area contributed by atoms with E-state index in [9.17, 15) is 0 Å². The molecule has 0 bridgehead atoms. The summed E-state index contributed by atoms with van der Waals surface area (Å²) in [6, 6.07) is 12.2. The van der Waals surface area contributed by atoms with Crippen molar-refractivity contribution in [2.75, 3.05) is 13.7 Å². The van der Waals surface area contributed by atoms with Crippen LogP contribution in [0, 0.1) is 5.41 Å². The first-order valence-corrected chi connectivity index (χ1v) is 10.8. The first kappa shape index (κ1) is 22.1. The van der Waals surface area contributed by atoms with E-state index in [4.69, 9.17) is 19.7 Å². The third-order valence-corrected chi connectivity index (χ3v) is 5.25. The van der Waals surface area contributed by atoms with Crippen molar-refractivity contribution in [2.24, 2.45) is 5.41 Å². The summed E-state index contributed by atoms with van der Waals surface area (Å²) >= 11 is 0. The molecule has 0 aliphatic rings. The van der Waals surface area contributed by atoms with Gasteiger partial charge in [-0.15, -0.1) is 15.0 Å². The highest BCUT2D eigenvalue weighted by molar-refractivity contribution is 5.74. The standard InChI is InChI=1S/C25H35N3O2/c1-8-9-14-30-22-16-18(25(5,6)17-24(2,3)4)15-21(23(22)29-7)28-26-19-12-10-11-13-20(19)27-28/h10-13,15-16H,8-9,14,17H2,1-7H3. The lowest BCUT2D eigenvalue weighted by Crippen LogP contribution is -2.25. The minimum absolute atomic E-state index is 0.0469. The minimum Gasteiger partial charge on any atom is -0.491 e. The molecule has 3 aromatic rings. The molecule has 0 amide bonds. The molecule has 0 saturated heterocycles. The Hall–Kier alpha value is -2.56. The van der Waals surface area contributed by atoms with Crippen LogP contribution in [0.1, 0.15) is 66.4 Å². The summed E-state index contributed by atoms with van der Waals surface area (Å²) in [6.45, 7) is 14.2. The van der Waals surface area contributed by atoms with Gasteiger partial charge in [-0.1, -0.05) is 60.1 Å². The lowest BCUT2D eigenvalue weighted by atomic mass is 9.72. The number of hydrogen-bond donors (Lipinski definition) is 0. The Morgan fingerprint density at radius 2 is 1.60 bits per heavy atom. The Labute approximate surface area is 180 Å². The van der Waals surface area contributed by atoms with Crippen molar-refractivity contribution in [1.29, 1.82) is 0 Å². The zero-order chi connectivity index (χ0) is 21.9. The summed E-state index contributed by atoms with van der Waals surface area (Å²) in [7, 11) is 1.68. The van der Waals surface area contributed by atoms with E-state index >= 15 is 0 Å². The normalized spacial score (nSPS) is 12.4. The number of hydrogen-bond acceptors (Lipinski definition) is 4. The largest absolute Gasteiger partial charge is 0.491 e. The lowest BCUT2D eigenvalue weighted by molar-refractivity contribution is 0.275. The second-order valence-corrected chi connectivity index (χ2v) is 9.83. The number of nitrogens with zero attached hydrogens (tertiary/aromatic N) is 3. The zero-order valence-corrected chi connectivity index (χ0v) is 19.5. The maximum absolute atomic E-state index is 6.18. The molecule has 2 aromatic carbocycles. The van der Waals surface area contributed by atoms with Crippen molar-refractivity contribution in [3.8, 4) is 17.2 Å². The number of methoxy groups -OCH3 is 1. The first-order valence-electron chi connectivity index (χ1n) is 10.8. The Morgan fingerprint density at radius 3 is 2.13 bits per heavy atom. The molecule has 3 rings (SSSR count). The highest BCUT2D eigenvalue weighted by Crippen LogP contribution is 2.42. The third-order valence-electron chi connectivity index (χ3n) is 5.25. The summed E-state index contributed by atoms with van der Waals surface area (Å²) in [4.78, 5) is 1.67. The molecule has 0 aliphatic heterocycles. The van der Waals surface area contributed by atoms with Crippen LogP contribution in [0.3, 0.4) is 0 Å². The van der Waals surface area contributed by atoms with Crippen LogP contribution >= 0.6 is 0 Å². The molecule has 30 heavy (non-hydrogen) atoms. The van der Waals surface area contributed by atoms with Crippen LogP contribution in [0.2, 0.25) is 0 Å². The van der Waals surface area contributed by atoms with Gasteiger partial charge in [-0.3, -0.25) is 0 Å². The SMILES string of the molecule is CCCCOc1cc(C(C)(C)CC(C)(C)C)cc(-n2nc3ccccc3n2)c1OC. The van der Waals surface area contributed by atoms with Crippen LogP contribution in [-0.4, -0.2) is 28.7 Å². The van der Waals surface area contributed by atoms with Gasteiger partial charge in [-0.05, 0) is 53.5 Å². The van der Waals surface area contributed by atoms with Crippen molar-refractivity contribution in [2.45, 2.75) is 66.2 Å². The highest BCUT2D eigenvalue weighted by Gasteiger charge is 2.30. The number of benzene rings is 2. The van der Waals surface area contributed by atoms with Gasteiger partial charge < -0.3 is 9.47 Å². The average Bonchev–Trinajstić information content (AvgIpc) is 3.09. The van der Waals surface area contributed by atoms with Crippen molar-refractivity contribution in [3.05, 3.63) is 42.0 Å². The quantitative estimate of drug-likeness (QED) is 0.408. The van der Waals surface area contributed by atoms with Gasteiger partial charge in [0.05, 0.1) is 13.7 Å². The van der Waals surface area contributed by atoms with Gasteiger partial charge in [-0.2, -0.15) is 0 Å². The fourth-order valence-corrected chi connectivity index (χ4v) is 4.16. The molecule has 0 N–H and O–H groups in total. The van der Waals surface area contributed by atoms with Crippen molar-refractivity contribution in [3.63, 3.8) is 0 Å². The van der Waals surface area contributed by atoms with Gasteiger partial charge in [0, 0.05) is 0 Å². The number of aromatic nitrogens is 3. The molecule has 0 atom stereocenters. The molecule has 1 heterocycles. The summed E-state index contributed by atoms with van der Waals surface area (Å²) in [5.74, 6) is 1.42. The van der Waals surface area contributed by atoms with Crippen LogP contribution < -0.4 is 9.47 Å². The fourth-order valence-electron chi connectivity index (χ4n) is 4.16. The fraction of sp³-hybridized carbons (Fsp3) is 0.520. The van der Waals surface area contributed by atoms with Crippen molar-refractivity contribution < 1.29 is 9.47 Å². The van der Waals surface area contributed by atoms with Crippen LogP contribution in [0.5, 0.6) is 11.5 Å². The molecule has 1 aromatic heterocycles. The number of unbranched alkanes of at least 4 members (excludes halogenated alkanes) is 1. The van der Waals surface area contributed by atoms with Crippen LogP contribution in [0.25, 0.3) is 16.7 Å². The molecule has 162 valence electrons. The molecule has 0 fully saturated rings. The molecule has 5 nitrogen and oxygen atoms in total. The van der Waals surface area contributed by atoms with Crippen LogP contribution in [-0.2, 0) is 5.41 Å². The topological polar surface area (TPSA) is 49.2 Å². The molecule has 0 spiro atoms. The molecule has 0 unspecified atom stereocenters. The van der Waals surface area contributed by atoms with Crippen LogP contribution in [0.15, 0.2) is 36.4 Å². The van der Waals surface area contributed by atoms with Crippen molar-refractivity contribution >= 4 is 11.0 Å². The molecule has 0 saturated carbocycles. The van der Waals surface area contributed by atoms with E-state index in [2.05, 4.69) is 53.7 Å². The van der Waals surface area contributed by atoms with E-state index in [1.807, 2.05) is 24.3 Å². The van der Waals surface area contributed by atoms with E-state index in [0.717, 1.165) is 41.7 Å². The second kappa shape index (κ2) is 8.66. The molecule has 5 heteroatoms. The van der Waals surface area contributed by atoms with E-state index in [1.54, 1.807) is 11.9 Å². The molecule has 0 radical (unpaired) electrons. The first-order chi connectivity index (χ1) is 14.1. The molecule has 0 aliphatic carbocycles. The predicted octanol–water partition coefficient (Wildman–Crippen LogP) is 6.32.